The second kappa shape index (κ2) is 6.45. The van der Waals surface area contributed by atoms with Gasteiger partial charge in [-0.05, 0) is 83.7 Å². The maximum atomic E-state index is 3.70. The molecular weight excluding hydrogens is 471 g/mol. The Hall–Kier alpha value is -0.870. The van der Waals surface area contributed by atoms with Gasteiger partial charge in [0.1, 0.15) is 0 Å². The minimum absolute atomic E-state index is 0.567. The molecule has 0 amide bonds. The van der Waals surface area contributed by atoms with Crippen LogP contribution >= 0.6 is 38.5 Å². The first kappa shape index (κ1) is 16.6. The standard InChI is InChI=1S/C22H20BrI/c1-13-11-19-17(5-3-7-21(19)23)15(13)9-10-16-14(2)12-20-18(16)6-4-8-22(20)24/h3-8,11-12,15-16H,9-10H2,1-2H3. The second-order valence-corrected chi connectivity index (χ2v) is 8.96. The van der Waals surface area contributed by atoms with Crippen LogP contribution < -0.4 is 0 Å². The quantitative estimate of drug-likeness (QED) is 0.390. The largest absolute Gasteiger partial charge is 0.0652 e. The summed E-state index contributed by atoms with van der Waals surface area (Å²) in [5.41, 5.74) is 8.86. The smallest absolute Gasteiger partial charge is 0.0250 e. The Morgan fingerprint density at radius 3 is 2.04 bits per heavy atom. The van der Waals surface area contributed by atoms with Crippen LogP contribution in [0.4, 0.5) is 0 Å². The normalized spacial score (nSPS) is 21.3. The topological polar surface area (TPSA) is 0 Å². The highest BCUT2D eigenvalue weighted by Crippen LogP contribution is 2.46. The molecule has 2 heteroatoms. The van der Waals surface area contributed by atoms with Crippen molar-refractivity contribution in [3.8, 4) is 0 Å². The lowest BCUT2D eigenvalue weighted by Crippen LogP contribution is -2.03. The summed E-state index contributed by atoms with van der Waals surface area (Å²) >= 11 is 6.16. The summed E-state index contributed by atoms with van der Waals surface area (Å²) in [6.45, 7) is 4.58. The van der Waals surface area contributed by atoms with Gasteiger partial charge < -0.3 is 0 Å². The van der Waals surface area contributed by atoms with Gasteiger partial charge in [0.05, 0.1) is 0 Å². The van der Waals surface area contributed by atoms with Crippen molar-refractivity contribution in [1.29, 1.82) is 0 Å². The van der Waals surface area contributed by atoms with Gasteiger partial charge in [0.25, 0.3) is 0 Å². The van der Waals surface area contributed by atoms with E-state index in [4.69, 9.17) is 0 Å². The summed E-state index contributed by atoms with van der Waals surface area (Å²) in [4.78, 5) is 0. The predicted octanol–water partition coefficient (Wildman–Crippen LogP) is 7.54. The molecule has 0 aliphatic heterocycles. The number of fused-ring (bicyclic) bond motifs is 2. The molecule has 0 aromatic heterocycles. The van der Waals surface area contributed by atoms with Gasteiger partial charge in [-0.15, -0.1) is 0 Å². The van der Waals surface area contributed by atoms with Crippen LogP contribution in [0.25, 0.3) is 12.2 Å². The molecule has 2 aliphatic carbocycles. The number of halogens is 2. The van der Waals surface area contributed by atoms with Crippen molar-refractivity contribution < 1.29 is 0 Å². The van der Waals surface area contributed by atoms with E-state index in [9.17, 15) is 0 Å². The Morgan fingerprint density at radius 1 is 0.833 bits per heavy atom. The molecule has 0 fully saturated rings. The average Bonchev–Trinajstić information content (AvgIpc) is 3.04. The zero-order chi connectivity index (χ0) is 16.8. The first-order valence-corrected chi connectivity index (χ1v) is 10.4. The van der Waals surface area contributed by atoms with Gasteiger partial charge in [-0.25, -0.2) is 0 Å². The molecule has 2 aromatic carbocycles. The zero-order valence-electron chi connectivity index (χ0n) is 13.9. The molecule has 0 radical (unpaired) electrons. The first-order chi connectivity index (χ1) is 11.6. The summed E-state index contributed by atoms with van der Waals surface area (Å²) in [7, 11) is 0. The number of rotatable bonds is 3. The zero-order valence-corrected chi connectivity index (χ0v) is 17.7. The van der Waals surface area contributed by atoms with E-state index in [1.807, 2.05) is 0 Å². The fourth-order valence-electron chi connectivity index (χ4n) is 4.27. The minimum Gasteiger partial charge on any atom is -0.0652 e. The molecule has 0 heterocycles. The molecule has 0 saturated carbocycles. The Morgan fingerprint density at radius 2 is 1.38 bits per heavy atom. The highest BCUT2D eigenvalue weighted by atomic mass is 127. The van der Waals surface area contributed by atoms with Crippen LogP contribution in [0.2, 0.25) is 0 Å². The van der Waals surface area contributed by atoms with Crippen molar-refractivity contribution in [3.05, 3.63) is 77.8 Å². The van der Waals surface area contributed by atoms with Crippen molar-refractivity contribution >= 4 is 50.7 Å². The molecule has 4 rings (SSSR count). The summed E-state index contributed by atoms with van der Waals surface area (Å²) < 4.78 is 2.59. The maximum Gasteiger partial charge on any atom is 0.0250 e. The van der Waals surface area contributed by atoms with Crippen LogP contribution in [0, 0.1) is 3.57 Å². The Kier molecular flexibility index (Phi) is 4.46. The number of allylic oxidation sites excluding steroid dienone is 2. The van der Waals surface area contributed by atoms with E-state index in [0.29, 0.717) is 11.8 Å². The van der Waals surface area contributed by atoms with Crippen LogP contribution in [0.5, 0.6) is 0 Å². The van der Waals surface area contributed by atoms with E-state index < -0.39 is 0 Å². The third-order valence-electron chi connectivity index (χ3n) is 5.51. The monoisotopic (exact) mass is 490 g/mol. The van der Waals surface area contributed by atoms with Crippen molar-refractivity contribution in [2.75, 3.05) is 0 Å². The van der Waals surface area contributed by atoms with Crippen molar-refractivity contribution in [2.45, 2.75) is 38.5 Å². The molecule has 0 N–H and O–H groups in total. The van der Waals surface area contributed by atoms with E-state index in [0.717, 1.165) is 0 Å². The highest BCUT2D eigenvalue weighted by Gasteiger charge is 2.28. The molecule has 0 bridgehead atoms. The molecule has 0 saturated heterocycles. The number of hydrogen-bond donors (Lipinski definition) is 0. The summed E-state index contributed by atoms with van der Waals surface area (Å²) in [6.07, 6.45) is 7.19. The summed E-state index contributed by atoms with van der Waals surface area (Å²) in [5.74, 6) is 1.15. The van der Waals surface area contributed by atoms with E-state index in [2.05, 4.69) is 101 Å². The Labute approximate surface area is 166 Å². The van der Waals surface area contributed by atoms with E-state index in [1.165, 1.54) is 54.3 Å². The molecular formula is C22H20BrI. The molecule has 24 heavy (non-hydrogen) atoms. The average molecular weight is 491 g/mol. The molecule has 2 aliphatic rings. The van der Waals surface area contributed by atoms with Crippen LogP contribution in [0.15, 0.2) is 52.0 Å². The van der Waals surface area contributed by atoms with E-state index in [-0.39, 0.29) is 0 Å². The molecule has 2 unspecified atom stereocenters. The van der Waals surface area contributed by atoms with Gasteiger partial charge in [-0.1, -0.05) is 63.5 Å². The van der Waals surface area contributed by atoms with Crippen molar-refractivity contribution in [1.82, 2.24) is 0 Å². The Bertz CT molecular complexity index is 802. The van der Waals surface area contributed by atoms with Crippen LogP contribution in [0.1, 0.15) is 60.8 Å². The molecule has 0 spiro atoms. The van der Waals surface area contributed by atoms with Gasteiger partial charge in [0.15, 0.2) is 0 Å². The third-order valence-corrected chi connectivity index (χ3v) is 7.14. The minimum atomic E-state index is 0.567. The predicted molar refractivity (Wildman–Crippen MR) is 115 cm³/mol. The van der Waals surface area contributed by atoms with Crippen LogP contribution in [-0.4, -0.2) is 0 Å². The number of benzene rings is 2. The van der Waals surface area contributed by atoms with Crippen molar-refractivity contribution in [2.24, 2.45) is 0 Å². The lowest BCUT2D eigenvalue weighted by atomic mass is 9.85. The SMILES string of the molecule is CC1=Cc2c(Br)cccc2C1CCC1C(C)=Cc2c(I)cccc21. The Balaban J connectivity index is 1.58. The highest BCUT2D eigenvalue weighted by molar-refractivity contribution is 14.1. The lowest BCUT2D eigenvalue weighted by Gasteiger charge is -2.20. The second-order valence-electron chi connectivity index (χ2n) is 6.94. The van der Waals surface area contributed by atoms with Gasteiger partial charge in [-0.2, -0.15) is 0 Å². The fourth-order valence-corrected chi connectivity index (χ4v) is 5.44. The van der Waals surface area contributed by atoms with Crippen molar-refractivity contribution in [3.63, 3.8) is 0 Å². The third kappa shape index (κ3) is 2.72. The van der Waals surface area contributed by atoms with E-state index >= 15 is 0 Å². The van der Waals surface area contributed by atoms with Gasteiger partial charge in [-0.3, -0.25) is 0 Å². The molecule has 122 valence electrons. The van der Waals surface area contributed by atoms with Gasteiger partial charge in [0.2, 0.25) is 0 Å². The van der Waals surface area contributed by atoms with Crippen LogP contribution in [0.3, 0.4) is 0 Å². The van der Waals surface area contributed by atoms with Gasteiger partial charge >= 0.3 is 0 Å². The summed E-state index contributed by atoms with van der Waals surface area (Å²) in [5, 5.41) is 0. The van der Waals surface area contributed by atoms with E-state index in [1.54, 1.807) is 0 Å². The van der Waals surface area contributed by atoms with Gasteiger partial charge in [0, 0.05) is 19.9 Å². The summed E-state index contributed by atoms with van der Waals surface area (Å²) in [6, 6.07) is 13.3. The molecule has 0 nitrogen and oxygen atoms in total. The first-order valence-electron chi connectivity index (χ1n) is 8.49. The molecule has 2 aromatic rings. The number of hydrogen-bond acceptors (Lipinski definition) is 0. The molecule has 2 atom stereocenters. The maximum absolute atomic E-state index is 3.70. The lowest BCUT2D eigenvalue weighted by molar-refractivity contribution is 0.611. The van der Waals surface area contributed by atoms with Crippen LogP contribution in [-0.2, 0) is 0 Å². The fraction of sp³-hybridized carbons (Fsp3) is 0.273.